The summed E-state index contributed by atoms with van der Waals surface area (Å²) in [4.78, 5) is 13.8. The number of nitrogens with one attached hydrogen (secondary N) is 1. The summed E-state index contributed by atoms with van der Waals surface area (Å²) in [6, 6.07) is 0.412. The van der Waals surface area contributed by atoms with Crippen molar-refractivity contribution in [1.82, 2.24) is 10.2 Å². The zero-order chi connectivity index (χ0) is 11.3. The highest BCUT2D eigenvalue weighted by molar-refractivity contribution is 5.85. The Bertz CT molecular complexity index is 211. The fourth-order valence-electron chi connectivity index (χ4n) is 1.93. The van der Waals surface area contributed by atoms with Gasteiger partial charge < -0.3 is 11.1 Å². The SMILES string of the molecule is CC(C)CNC(=O)CN1CCCC1CN.Cl. The maximum Gasteiger partial charge on any atom is 0.234 e. The molecule has 1 heterocycles. The van der Waals surface area contributed by atoms with Crippen LogP contribution in [0.1, 0.15) is 26.7 Å². The summed E-state index contributed by atoms with van der Waals surface area (Å²) < 4.78 is 0. The molecule has 16 heavy (non-hydrogen) atoms. The van der Waals surface area contributed by atoms with E-state index in [0.717, 1.165) is 19.5 Å². The van der Waals surface area contributed by atoms with Gasteiger partial charge in [0.25, 0.3) is 0 Å². The van der Waals surface area contributed by atoms with Gasteiger partial charge in [-0.05, 0) is 25.3 Å². The Hall–Kier alpha value is -0.320. The first kappa shape index (κ1) is 15.7. The maximum atomic E-state index is 11.6. The number of carbonyl (C=O) groups excluding carboxylic acids is 1. The maximum absolute atomic E-state index is 11.6. The van der Waals surface area contributed by atoms with Crippen LogP contribution in [0.5, 0.6) is 0 Å². The average molecular weight is 250 g/mol. The quantitative estimate of drug-likeness (QED) is 0.751. The zero-order valence-corrected chi connectivity index (χ0v) is 11.1. The van der Waals surface area contributed by atoms with Crippen molar-refractivity contribution in [3.05, 3.63) is 0 Å². The topological polar surface area (TPSA) is 58.4 Å². The number of hydrogen-bond donors (Lipinski definition) is 2. The smallest absolute Gasteiger partial charge is 0.234 e. The Morgan fingerprint density at radius 1 is 1.56 bits per heavy atom. The van der Waals surface area contributed by atoms with E-state index in [4.69, 9.17) is 5.73 Å². The van der Waals surface area contributed by atoms with Crippen LogP contribution >= 0.6 is 12.4 Å². The second-order valence-electron chi connectivity index (χ2n) is 4.70. The number of carbonyl (C=O) groups is 1. The Morgan fingerprint density at radius 2 is 2.25 bits per heavy atom. The molecular weight excluding hydrogens is 226 g/mol. The molecule has 0 radical (unpaired) electrons. The third-order valence-electron chi connectivity index (χ3n) is 2.83. The summed E-state index contributed by atoms with van der Waals surface area (Å²) in [6.07, 6.45) is 2.30. The summed E-state index contributed by atoms with van der Waals surface area (Å²) in [6.45, 7) is 7.14. The van der Waals surface area contributed by atoms with Gasteiger partial charge in [-0.1, -0.05) is 13.8 Å². The number of nitrogens with zero attached hydrogens (tertiary/aromatic N) is 1. The second kappa shape index (κ2) is 7.87. The lowest BCUT2D eigenvalue weighted by molar-refractivity contribution is -0.122. The van der Waals surface area contributed by atoms with Gasteiger partial charge in [-0.15, -0.1) is 12.4 Å². The summed E-state index contributed by atoms with van der Waals surface area (Å²) in [5.74, 6) is 0.641. The molecule has 1 aliphatic rings. The van der Waals surface area contributed by atoms with E-state index in [2.05, 4.69) is 24.1 Å². The lowest BCUT2D eigenvalue weighted by Gasteiger charge is -2.22. The molecule has 0 aromatic carbocycles. The van der Waals surface area contributed by atoms with Crippen LogP contribution in [0.3, 0.4) is 0 Å². The molecule has 5 heteroatoms. The molecule has 0 aromatic rings. The molecule has 1 unspecified atom stereocenters. The lowest BCUT2D eigenvalue weighted by Crippen LogP contribution is -2.43. The normalized spacial score (nSPS) is 20.9. The average Bonchev–Trinajstić information content (AvgIpc) is 2.62. The third kappa shape index (κ3) is 5.14. The minimum atomic E-state index is 0. The van der Waals surface area contributed by atoms with Gasteiger partial charge in [0, 0.05) is 19.1 Å². The first-order valence-corrected chi connectivity index (χ1v) is 5.84. The first-order chi connectivity index (χ1) is 7.13. The Morgan fingerprint density at radius 3 is 2.81 bits per heavy atom. The van der Waals surface area contributed by atoms with Crippen molar-refractivity contribution in [1.29, 1.82) is 0 Å². The van der Waals surface area contributed by atoms with Crippen LogP contribution in [0.2, 0.25) is 0 Å². The minimum Gasteiger partial charge on any atom is -0.355 e. The summed E-state index contributed by atoms with van der Waals surface area (Å²) >= 11 is 0. The largest absolute Gasteiger partial charge is 0.355 e. The fraction of sp³-hybridized carbons (Fsp3) is 0.909. The Labute approximate surface area is 104 Å². The molecule has 1 aliphatic heterocycles. The summed E-state index contributed by atoms with van der Waals surface area (Å²) in [7, 11) is 0. The molecule has 1 atom stereocenters. The number of likely N-dealkylation sites (tertiary alicyclic amines) is 1. The number of nitrogens with two attached hydrogens (primary N) is 1. The lowest BCUT2D eigenvalue weighted by atomic mass is 10.2. The van der Waals surface area contributed by atoms with E-state index >= 15 is 0 Å². The highest BCUT2D eigenvalue weighted by Gasteiger charge is 2.24. The van der Waals surface area contributed by atoms with Crippen LogP contribution in [0.4, 0.5) is 0 Å². The van der Waals surface area contributed by atoms with Crippen LogP contribution in [0, 0.1) is 5.92 Å². The van der Waals surface area contributed by atoms with E-state index in [1.807, 2.05) is 0 Å². The number of halogens is 1. The molecule has 4 nitrogen and oxygen atoms in total. The minimum absolute atomic E-state index is 0. The zero-order valence-electron chi connectivity index (χ0n) is 10.2. The van der Waals surface area contributed by atoms with Crippen molar-refractivity contribution in [3.63, 3.8) is 0 Å². The van der Waals surface area contributed by atoms with Crippen molar-refractivity contribution >= 4 is 18.3 Å². The summed E-state index contributed by atoms with van der Waals surface area (Å²) in [5, 5.41) is 2.93. The highest BCUT2D eigenvalue weighted by atomic mass is 35.5. The number of rotatable bonds is 5. The van der Waals surface area contributed by atoms with E-state index in [-0.39, 0.29) is 18.3 Å². The fourth-order valence-corrected chi connectivity index (χ4v) is 1.93. The van der Waals surface area contributed by atoms with Gasteiger partial charge in [0.05, 0.1) is 6.54 Å². The van der Waals surface area contributed by atoms with Crippen LogP contribution in [-0.2, 0) is 4.79 Å². The van der Waals surface area contributed by atoms with Crippen molar-refractivity contribution in [2.75, 3.05) is 26.2 Å². The molecule has 1 saturated heterocycles. The van der Waals surface area contributed by atoms with Gasteiger partial charge in [-0.3, -0.25) is 9.69 Å². The summed E-state index contributed by atoms with van der Waals surface area (Å²) in [5.41, 5.74) is 5.65. The molecule has 3 N–H and O–H groups in total. The van der Waals surface area contributed by atoms with Gasteiger partial charge in [-0.2, -0.15) is 0 Å². The van der Waals surface area contributed by atoms with Gasteiger partial charge in [0.15, 0.2) is 0 Å². The van der Waals surface area contributed by atoms with E-state index in [1.165, 1.54) is 6.42 Å². The first-order valence-electron chi connectivity index (χ1n) is 5.84. The second-order valence-corrected chi connectivity index (χ2v) is 4.70. The predicted molar refractivity (Wildman–Crippen MR) is 68.7 cm³/mol. The monoisotopic (exact) mass is 249 g/mol. The number of amides is 1. The van der Waals surface area contributed by atoms with Crippen LogP contribution < -0.4 is 11.1 Å². The molecule has 1 amide bonds. The van der Waals surface area contributed by atoms with Crippen molar-refractivity contribution < 1.29 is 4.79 Å². The highest BCUT2D eigenvalue weighted by Crippen LogP contribution is 2.14. The molecule has 1 fully saturated rings. The third-order valence-corrected chi connectivity index (χ3v) is 2.83. The van der Waals surface area contributed by atoms with Crippen molar-refractivity contribution in [2.24, 2.45) is 11.7 Å². The standard InChI is InChI=1S/C11H23N3O.ClH/c1-9(2)7-13-11(15)8-14-5-3-4-10(14)6-12;/h9-10H,3-8,12H2,1-2H3,(H,13,15);1H. The molecule has 0 saturated carbocycles. The van der Waals surface area contributed by atoms with Gasteiger partial charge in [-0.25, -0.2) is 0 Å². The molecule has 0 bridgehead atoms. The van der Waals surface area contributed by atoms with E-state index in [9.17, 15) is 4.79 Å². The molecule has 96 valence electrons. The van der Waals surface area contributed by atoms with Gasteiger partial charge >= 0.3 is 0 Å². The molecule has 1 rings (SSSR count). The Kier molecular flexibility index (Phi) is 7.72. The predicted octanol–water partition coefficient (Wildman–Crippen LogP) is 0.604. The van der Waals surface area contributed by atoms with E-state index in [1.54, 1.807) is 0 Å². The van der Waals surface area contributed by atoms with E-state index in [0.29, 0.717) is 25.0 Å². The van der Waals surface area contributed by atoms with Gasteiger partial charge in [0.1, 0.15) is 0 Å². The Balaban J connectivity index is 0.00000225. The van der Waals surface area contributed by atoms with Crippen molar-refractivity contribution in [2.45, 2.75) is 32.7 Å². The van der Waals surface area contributed by atoms with Crippen molar-refractivity contribution in [3.8, 4) is 0 Å². The molecule has 0 aromatic heterocycles. The molecule has 0 spiro atoms. The van der Waals surface area contributed by atoms with E-state index < -0.39 is 0 Å². The molecule has 0 aliphatic carbocycles. The number of hydrogen-bond acceptors (Lipinski definition) is 3. The van der Waals surface area contributed by atoms with Crippen LogP contribution in [-0.4, -0.2) is 43.0 Å². The van der Waals surface area contributed by atoms with Gasteiger partial charge in [0.2, 0.25) is 5.91 Å². The van der Waals surface area contributed by atoms with Crippen LogP contribution in [0.15, 0.2) is 0 Å². The molecular formula is C11H24ClN3O. The van der Waals surface area contributed by atoms with Crippen LogP contribution in [0.25, 0.3) is 0 Å².